The molecule has 0 radical (unpaired) electrons. The summed E-state index contributed by atoms with van der Waals surface area (Å²) >= 11 is 6.55. The number of rotatable bonds is 9. The fraction of sp³-hybridized carbons (Fsp3) is 0.324. The minimum absolute atomic E-state index is 0.0308. The van der Waals surface area contributed by atoms with E-state index in [1.54, 1.807) is 37.7 Å². The number of pyridine rings is 2. The van der Waals surface area contributed by atoms with Crippen LogP contribution >= 0.6 is 11.6 Å². The highest BCUT2D eigenvalue weighted by Gasteiger charge is 2.25. The lowest BCUT2D eigenvalue weighted by Gasteiger charge is -2.35. The number of methoxy groups -OCH3 is 2. The average molecular weight is 721 g/mol. The van der Waals surface area contributed by atoms with Gasteiger partial charge in [0.2, 0.25) is 5.88 Å². The van der Waals surface area contributed by atoms with Crippen LogP contribution in [-0.4, -0.2) is 64.7 Å². The molecule has 3 aromatic heterocycles. The molecule has 6 rings (SSSR count). The molecule has 0 aliphatic carbocycles. The molecule has 1 saturated heterocycles. The van der Waals surface area contributed by atoms with E-state index >= 15 is 8.78 Å². The average Bonchev–Trinajstić information content (AvgIpc) is 3.38. The summed E-state index contributed by atoms with van der Waals surface area (Å²) in [5.41, 5.74) is 1.04. The first-order valence-electron chi connectivity index (χ1n) is 16.4. The van der Waals surface area contributed by atoms with Crippen molar-refractivity contribution in [1.29, 1.82) is 0 Å². The maximum absolute atomic E-state index is 15.6. The van der Waals surface area contributed by atoms with Crippen molar-refractivity contribution in [2.24, 2.45) is 0 Å². The number of fused-ring (bicyclic) bond motifs is 1. The quantitative estimate of drug-likeness (QED) is 0.139. The monoisotopic (exact) mass is 720 g/mol. The molecule has 1 atom stereocenters. The molecule has 0 bridgehead atoms. The topological polar surface area (TPSA) is 123 Å². The number of amides is 1. The van der Waals surface area contributed by atoms with Gasteiger partial charge in [-0.3, -0.25) is 0 Å². The van der Waals surface area contributed by atoms with E-state index in [-0.39, 0.29) is 51.3 Å². The Bertz CT molecular complexity index is 2040. The Labute approximate surface area is 299 Å². The normalized spacial score (nSPS) is 14.7. The summed E-state index contributed by atoms with van der Waals surface area (Å²) in [6.07, 6.45) is 4.50. The zero-order valence-electron chi connectivity index (χ0n) is 28.9. The van der Waals surface area contributed by atoms with E-state index in [0.717, 1.165) is 42.8 Å². The standard InChI is InChI=1S/C37H39ClF2N6O5/c1-37(2,3)51-36(48)43-22-7-6-12-45(19-22)24-9-11-32(41-17-24)42-23-13-27(39)34(28(40)14-23)29-16-26(38)33-30(44-29)20-46(35(33)47)18-21-8-10-25(49-4)15-31(21)50-5/h8-11,13-17,20,22,47H,6-7,12,18-19H2,1-5H3,(H,41,42)(H,43,48). The first kappa shape index (κ1) is 35.5. The molecule has 0 saturated carbocycles. The molecule has 1 aliphatic rings. The third-order valence-corrected chi connectivity index (χ3v) is 8.73. The number of hydrogen-bond acceptors (Lipinski definition) is 9. The van der Waals surface area contributed by atoms with E-state index in [0.29, 0.717) is 23.9 Å². The number of aromatic hydroxyl groups is 1. The Morgan fingerprint density at radius 2 is 1.84 bits per heavy atom. The highest BCUT2D eigenvalue weighted by molar-refractivity contribution is 6.36. The van der Waals surface area contributed by atoms with Gasteiger partial charge in [0, 0.05) is 42.6 Å². The summed E-state index contributed by atoms with van der Waals surface area (Å²) in [5, 5.41) is 17.2. The number of alkyl carbamates (subject to hydrolysis) is 1. The van der Waals surface area contributed by atoms with E-state index in [4.69, 9.17) is 25.8 Å². The summed E-state index contributed by atoms with van der Waals surface area (Å²) in [6, 6.07) is 12.5. The van der Waals surface area contributed by atoms with Crippen molar-refractivity contribution in [3.63, 3.8) is 0 Å². The molecule has 2 aromatic carbocycles. The predicted molar refractivity (Wildman–Crippen MR) is 193 cm³/mol. The molecule has 14 heteroatoms. The molecule has 1 fully saturated rings. The Morgan fingerprint density at radius 3 is 2.51 bits per heavy atom. The second-order valence-electron chi connectivity index (χ2n) is 13.3. The van der Waals surface area contributed by atoms with Crippen LogP contribution in [0.15, 0.2) is 60.9 Å². The van der Waals surface area contributed by atoms with E-state index in [2.05, 4.69) is 25.5 Å². The molecular formula is C37H39ClF2N6O5. The Kier molecular flexibility index (Phi) is 10.1. The number of halogens is 3. The van der Waals surface area contributed by atoms with Crippen molar-refractivity contribution in [2.45, 2.75) is 51.8 Å². The minimum Gasteiger partial charge on any atom is -0.497 e. The molecule has 5 aromatic rings. The van der Waals surface area contributed by atoms with Gasteiger partial charge < -0.3 is 39.4 Å². The number of anilines is 3. The molecule has 1 aliphatic heterocycles. The van der Waals surface area contributed by atoms with Crippen molar-refractivity contribution in [3.8, 4) is 28.6 Å². The fourth-order valence-corrected chi connectivity index (χ4v) is 6.39. The van der Waals surface area contributed by atoms with Gasteiger partial charge in [0.05, 0.1) is 59.8 Å². The predicted octanol–water partition coefficient (Wildman–Crippen LogP) is 8.04. The SMILES string of the molecule is COc1ccc(Cn2cc3nc(-c4c(F)cc(Nc5ccc(N6CCCC(NC(=O)OC(C)(C)C)C6)cn5)cc4F)cc(Cl)c3c2O)c(OC)c1. The summed E-state index contributed by atoms with van der Waals surface area (Å²) < 4.78 is 48.8. The molecule has 51 heavy (non-hydrogen) atoms. The van der Waals surface area contributed by atoms with Crippen molar-refractivity contribution < 1.29 is 32.9 Å². The summed E-state index contributed by atoms with van der Waals surface area (Å²) in [5.74, 6) is -0.312. The summed E-state index contributed by atoms with van der Waals surface area (Å²) in [4.78, 5) is 23.3. The van der Waals surface area contributed by atoms with Crippen LogP contribution in [0.3, 0.4) is 0 Å². The van der Waals surface area contributed by atoms with E-state index in [1.807, 2.05) is 32.9 Å². The third-order valence-electron chi connectivity index (χ3n) is 8.43. The molecule has 1 amide bonds. The van der Waals surface area contributed by atoms with E-state index in [9.17, 15) is 9.90 Å². The van der Waals surface area contributed by atoms with Gasteiger partial charge in [-0.05, 0) is 76.1 Å². The molecule has 1 unspecified atom stereocenters. The zero-order chi connectivity index (χ0) is 36.4. The van der Waals surface area contributed by atoms with Crippen LogP contribution in [0.1, 0.15) is 39.2 Å². The number of benzene rings is 2. The molecule has 4 heterocycles. The number of nitrogens with zero attached hydrogens (tertiary/aromatic N) is 4. The van der Waals surface area contributed by atoms with Crippen molar-refractivity contribution in [1.82, 2.24) is 19.9 Å². The van der Waals surface area contributed by atoms with Crippen molar-refractivity contribution >= 4 is 45.8 Å². The molecule has 3 N–H and O–H groups in total. The number of aromatic nitrogens is 3. The van der Waals surface area contributed by atoms with Crippen LogP contribution in [0.4, 0.5) is 30.8 Å². The first-order chi connectivity index (χ1) is 24.3. The minimum atomic E-state index is -0.861. The van der Waals surface area contributed by atoms with Gasteiger partial charge in [-0.2, -0.15) is 0 Å². The summed E-state index contributed by atoms with van der Waals surface area (Å²) in [6.45, 7) is 7.07. The molecular weight excluding hydrogens is 682 g/mol. The number of ether oxygens (including phenoxy) is 3. The zero-order valence-corrected chi connectivity index (χ0v) is 29.6. The lowest BCUT2D eigenvalue weighted by Crippen LogP contribution is -2.49. The number of nitrogens with one attached hydrogen (secondary N) is 2. The molecule has 268 valence electrons. The van der Waals surface area contributed by atoms with Crippen LogP contribution in [0.25, 0.3) is 22.2 Å². The Balaban J connectivity index is 1.17. The van der Waals surface area contributed by atoms with Gasteiger partial charge >= 0.3 is 6.09 Å². The van der Waals surface area contributed by atoms with Crippen LogP contribution in [0.5, 0.6) is 17.4 Å². The lowest BCUT2D eigenvalue weighted by atomic mass is 10.1. The fourth-order valence-electron chi connectivity index (χ4n) is 6.10. The smallest absolute Gasteiger partial charge is 0.407 e. The van der Waals surface area contributed by atoms with Gasteiger partial charge in [0.15, 0.2) is 0 Å². The number of piperidine rings is 1. The number of carbonyl (C=O) groups is 1. The maximum atomic E-state index is 15.6. The molecule has 11 nitrogen and oxygen atoms in total. The van der Waals surface area contributed by atoms with Crippen molar-refractivity contribution in [2.75, 3.05) is 37.5 Å². The Morgan fingerprint density at radius 1 is 1.08 bits per heavy atom. The highest BCUT2D eigenvalue weighted by atomic mass is 35.5. The van der Waals surface area contributed by atoms with Gasteiger partial charge in [-0.15, -0.1) is 0 Å². The maximum Gasteiger partial charge on any atom is 0.407 e. The Hall–Kier alpha value is -5.30. The van der Waals surface area contributed by atoms with Gasteiger partial charge in [0.1, 0.15) is 34.6 Å². The van der Waals surface area contributed by atoms with E-state index < -0.39 is 23.3 Å². The second kappa shape index (κ2) is 14.5. The van der Waals surface area contributed by atoms with Gasteiger partial charge in [0.25, 0.3) is 0 Å². The van der Waals surface area contributed by atoms with Gasteiger partial charge in [-0.1, -0.05) is 11.6 Å². The number of carbonyl (C=O) groups excluding carboxylic acids is 1. The summed E-state index contributed by atoms with van der Waals surface area (Å²) in [7, 11) is 3.09. The van der Waals surface area contributed by atoms with Crippen LogP contribution in [0.2, 0.25) is 5.02 Å². The highest BCUT2D eigenvalue weighted by Crippen LogP contribution is 2.38. The van der Waals surface area contributed by atoms with Crippen LogP contribution < -0.4 is 25.0 Å². The first-order valence-corrected chi connectivity index (χ1v) is 16.8. The van der Waals surface area contributed by atoms with Gasteiger partial charge in [-0.25, -0.2) is 23.5 Å². The van der Waals surface area contributed by atoms with E-state index in [1.165, 1.54) is 17.7 Å². The lowest BCUT2D eigenvalue weighted by molar-refractivity contribution is 0.0500. The molecule has 0 spiro atoms. The van der Waals surface area contributed by atoms with Crippen LogP contribution in [-0.2, 0) is 11.3 Å². The largest absolute Gasteiger partial charge is 0.497 e. The second-order valence-corrected chi connectivity index (χ2v) is 13.7. The number of hydrogen-bond donors (Lipinski definition) is 3. The van der Waals surface area contributed by atoms with Crippen LogP contribution in [0, 0.1) is 11.6 Å². The van der Waals surface area contributed by atoms with Crippen molar-refractivity contribution in [3.05, 3.63) is 83.1 Å². The third kappa shape index (κ3) is 8.04.